The van der Waals surface area contributed by atoms with Gasteiger partial charge in [0.2, 0.25) is 11.8 Å². The van der Waals surface area contributed by atoms with Crippen LogP contribution in [0.5, 0.6) is 0 Å². The minimum absolute atomic E-state index is 0.0236. The van der Waals surface area contributed by atoms with Gasteiger partial charge in [-0.1, -0.05) is 26.0 Å². The number of hydrogen-bond donors (Lipinski definition) is 2. The first-order valence-electron chi connectivity index (χ1n) is 10.5. The number of amides is 2. The largest absolute Gasteiger partial charge is 0.480 e. The molecule has 4 atom stereocenters. The van der Waals surface area contributed by atoms with Crippen molar-refractivity contribution in [1.82, 2.24) is 15.1 Å². The van der Waals surface area contributed by atoms with Gasteiger partial charge in [0.15, 0.2) is 0 Å². The van der Waals surface area contributed by atoms with Crippen molar-refractivity contribution in [3.05, 3.63) is 35.4 Å². The summed E-state index contributed by atoms with van der Waals surface area (Å²) in [6.45, 7) is 3.74. The standard InChI is InChI=1S/C22H30F3N3O4/c1-13-9-17(26-3)20(31)28(11-14(13)2)18(21(32)27(4)12-19(29)30)10-15-5-7-16(8-6-15)22(23,24)25/h5-8,13-14,17-18,26H,9-12H2,1-4H3,(H,29,30)/t13-,14+,17+,18+/m1/s1. The monoisotopic (exact) mass is 457 g/mol. The lowest BCUT2D eigenvalue weighted by Gasteiger charge is -2.35. The highest BCUT2D eigenvalue weighted by molar-refractivity contribution is 5.91. The Labute approximate surface area is 185 Å². The molecule has 2 amide bonds. The molecular weight excluding hydrogens is 427 g/mol. The molecular formula is C22H30F3N3O4. The van der Waals surface area contributed by atoms with E-state index in [-0.39, 0.29) is 30.7 Å². The smallest absolute Gasteiger partial charge is 0.416 e. The fraction of sp³-hybridized carbons (Fsp3) is 0.591. The molecule has 1 aromatic carbocycles. The van der Waals surface area contributed by atoms with Crippen LogP contribution in [0.15, 0.2) is 24.3 Å². The number of carbonyl (C=O) groups excluding carboxylic acids is 2. The summed E-state index contributed by atoms with van der Waals surface area (Å²) in [5.74, 6) is -1.79. The molecule has 1 aliphatic rings. The molecule has 0 saturated carbocycles. The Morgan fingerprint density at radius 1 is 1.22 bits per heavy atom. The Morgan fingerprint density at radius 2 is 1.81 bits per heavy atom. The van der Waals surface area contributed by atoms with Crippen LogP contribution in [0.2, 0.25) is 0 Å². The molecule has 32 heavy (non-hydrogen) atoms. The van der Waals surface area contributed by atoms with Crippen LogP contribution in [0.25, 0.3) is 0 Å². The zero-order valence-corrected chi connectivity index (χ0v) is 18.6. The summed E-state index contributed by atoms with van der Waals surface area (Å²) in [7, 11) is 2.99. The molecule has 0 bridgehead atoms. The third-order valence-electron chi connectivity index (χ3n) is 6.11. The summed E-state index contributed by atoms with van der Waals surface area (Å²) in [5.41, 5.74) is -0.366. The van der Waals surface area contributed by atoms with E-state index in [9.17, 15) is 27.6 Å². The van der Waals surface area contributed by atoms with Crippen molar-refractivity contribution in [1.29, 1.82) is 0 Å². The summed E-state index contributed by atoms with van der Waals surface area (Å²) in [6.07, 6.45) is -3.93. The average Bonchev–Trinajstić information content (AvgIpc) is 2.82. The first-order valence-corrected chi connectivity index (χ1v) is 10.5. The molecule has 7 nitrogen and oxygen atoms in total. The van der Waals surface area contributed by atoms with Gasteiger partial charge in [-0.15, -0.1) is 0 Å². The predicted molar refractivity (Wildman–Crippen MR) is 112 cm³/mol. The second-order valence-corrected chi connectivity index (χ2v) is 8.52. The maximum atomic E-state index is 13.3. The van der Waals surface area contributed by atoms with E-state index in [1.807, 2.05) is 13.8 Å². The number of carboxylic acid groups (broad SMARTS) is 1. The van der Waals surface area contributed by atoms with Gasteiger partial charge in [-0.05, 0) is 43.0 Å². The van der Waals surface area contributed by atoms with Crippen molar-refractivity contribution in [3.63, 3.8) is 0 Å². The van der Waals surface area contributed by atoms with Crippen LogP contribution in [0.4, 0.5) is 13.2 Å². The minimum atomic E-state index is -4.48. The van der Waals surface area contributed by atoms with Crippen LogP contribution in [-0.2, 0) is 27.0 Å². The lowest BCUT2D eigenvalue weighted by Crippen LogP contribution is -2.56. The van der Waals surface area contributed by atoms with Crippen LogP contribution in [0.3, 0.4) is 0 Å². The summed E-state index contributed by atoms with van der Waals surface area (Å²) >= 11 is 0. The van der Waals surface area contributed by atoms with Crippen molar-refractivity contribution in [3.8, 4) is 0 Å². The van der Waals surface area contributed by atoms with E-state index in [1.165, 1.54) is 24.1 Å². The number of likely N-dealkylation sites (N-methyl/N-ethyl adjacent to an activating group) is 2. The predicted octanol–water partition coefficient (Wildman–Crippen LogP) is 2.25. The zero-order chi connectivity index (χ0) is 24.2. The molecule has 1 saturated heterocycles. The Balaban J connectivity index is 2.42. The number of carboxylic acids is 1. The van der Waals surface area contributed by atoms with Gasteiger partial charge in [-0.25, -0.2) is 0 Å². The quantitative estimate of drug-likeness (QED) is 0.656. The van der Waals surface area contributed by atoms with Gasteiger partial charge < -0.3 is 20.2 Å². The number of benzene rings is 1. The van der Waals surface area contributed by atoms with Gasteiger partial charge in [-0.3, -0.25) is 14.4 Å². The van der Waals surface area contributed by atoms with Crippen LogP contribution in [0, 0.1) is 11.8 Å². The summed E-state index contributed by atoms with van der Waals surface area (Å²) in [5, 5.41) is 12.1. The van der Waals surface area contributed by atoms with Crippen molar-refractivity contribution >= 4 is 17.8 Å². The second kappa shape index (κ2) is 10.3. The highest BCUT2D eigenvalue weighted by Gasteiger charge is 2.40. The Hall–Kier alpha value is -2.62. The molecule has 2 rings (SSSR count). The average molecular weight is 457 g/mol. The molecule has 1 aliphatic heterocycles. The van der Waals surface area contributed by atoms with Gasteiger partial charge in [0.25, 0.3) is 0 Å². The third kappa shape index (κ3) is 6.21. The van der Waals surface area contributed by atoms with Crippen molar-refractivity contribution < 1.29 is 32.7 Å². The Kier molecular flexibility index (Phi) is 8.28. The number of carbonyl (C=O) groups is 3. The molecule has 178 valence electrons. The Morgan fingerprint density at radius 3 is 2.31 bits per heavy atom. The third-order valence-corrected chi connectivity index (χ3v) is 6.11. The maximum absolute atomic E-state index is 13.3. The molecule has 0 aromatic heterocycles. The van der Waals surface area contributed by atoms with E-state index in [4.69, 9.17) is 5.11 Å². The van der Waals surface area contributed by atoms with Crippen molar-refractivity contribution in [2.75, 3.05) is 27.2 Å². The first kappa shape index (κ1) is 25.6. The van der Waals surface area contributed by atoms with Gasteiger partial charge in [-0.2, -0.15) is 13.2 Å². The number of nitrogens with one attached hydrogen (secondary N) is 1. The lowest BCUT2D eigenvalue weighted by atomic mass is 9.91. The van der Waals surface area contributed by atoms with Crippen molar-refractivity contribution in [2.45, 2.75) is 44.9 Å². The van der Waals surface area contributed by atoms with E-state index in [2.05, 4.69) is 5.32 Å². The fourth-order valence-electron chi connectivity index (χ4n) is 3.93. The van der Waals surface area contributed by atoms with Crippen LogP contribution in [-0.4, -0.2) is 72.0 Å². The topological polar surface area (TPSA) is 90.0 Å². The maximum Gasteiger partial charge on any atom is 0.416 e. The zero-order valence-electron chi connectivity index (χ0n) is 18.6. The van der Waals surface area contributed by atoms with Crippen molar-refractivity contribution in [2.24, 2.45) is 11.8 Å². The number of likely N-dealkylation sites (tertiary alicyclic amines) is 1. The first-order chi connectivity index (χ1) is 14.8. The second-order valence-electron chi connectivity index (χ2n) is 8.52. The number of hydrogen-bond acceptors (Lipinski definition) is 4. The number of halogens is 3. The molecule has 1 fully saturated rings. The molecule has 0 unspecified atom stereocenters. The lowest BCUT2D eigenvalue weighted by molar-refractivity contribution is -0.149. The molecule has 0 radical (unpaired) electrons. The summed E-state index contributed by atoms with van der Waals surface area (Å²) < 4.78 is 38.7. The normalized spacial score (nSPS) is 22.9. The van der Waals surface area contributed by atoms with Gasteiger partial charge in [0, 0.05) is 20.0 Å². The number of nitrogens with zero attached hydrogens (tertiary/aromatic N) is 2. The number of alkyl halides is 3. The molecule has 0 spiro atoms. The summed E-state index contributed by atoms with van der Waals surface area (Å²) in [6, 6.07) is 2.88. The highest BCUT2D eigenvalue weighted by atomic mass is 19.4. The Bertz CT molecular complexity index is 829. The molecule has 0 aliphatic carbocycles. The number of rotatable bonds is 7. The molecule has 2 N–H and O–H groups in total. The fourth-order valence-corrected chi connectivity index (χ4v) is 3.93. The van der Waals surface area contributed by atoms with E-state index < -0.39 is 42.2 Å². The molecule has 10 heteroatoms. The van der Waals surface area contributed by atoms with E-state index in [0.29, 0.717) is 12.0 Å². The molecule has 1 heterocycles. The SMILES string of the molecule is CN[C@H]1C[C@@H](C)[C@@H](C)CN([C@@H](Cc2ccc(C(F)(F)F)cc2)C(=O)N(C)CC(=O)O)C1=O. The van der Waals surface area contributed by atoms with E-state index in [1.54, 1.807) is 7.05 Å². The van der Waals surface area contributed by atoms with E-state index >= 15 is 0 Å². The van der Waals surface area contributed by atoms with Gasteiger partial charge in [0.1, 0.15) is 12.6 Å². The van der Waals surface area contributed by atoms with E-state index in [0.717, 1.165) is 17.0 Å². The highest BCUT2D eigenvalue weighted by Crippen LogP contribution is 2.30. The molecule has 1 aromatic rings. The van der Waals surface area contributed by atoms with Crippen LogP contribution >= 0.6 is 0 Å². The van der Waals surface area contributed by atoms with Crippen LogP contribution in [0.1, 0.15) is 31.4 Å². The minimum Gasteiger partial charge on any atom is -0.480 e. The van der Waals surface area contributed by atoms with Gasteiger partial charge >= 0.3 is 12.1 Å². The summed E-state index contributed by atoms with van der Waals surface area (Å²) in [4.78, 5) is 40.1. The van der Waals surface area contributed by atoms with Crippen LogP contribution < -0.4 is 5.32 Å². The number of aliphatic carboxylic acids is 1. The van der Waals surface area contributed by atoms with Gasteiger partial charge in [0.05, 0.1) is 11.6 Å².